The zero-order valence-corrected chi connectivity index (χ0v) is 17.8. The van der Waals surface area contributed by atoms with Gasteiger partial charge in [0.25, 0.3) is 11.8 Å². The number of nitrogens with one attached hydrogen (secondary N) is 3. The molecule has 0 saturated carbocycles. The Morgan fingerprint density at radius 2 is 1.71 bits per heavy atom. The lowest BCUT2D eigenvalue weighted by molar-refractivity contribution is 0.0934. The van der Waals surface area contributed by atoms with Gasteiger partial charge >= 0.3 is 0 Å². The Morgan fingerprint density at radius 3 is 2.38 bits per heavy atom. The summed E-state index contributed by atoms with van der Waals surface area (Å²) in [6.45, 7) is 1.76. The summed E-state index contributed by atoms with van der Waals surface area (Å²) in [6, 6.07) is 11.5. The van der Waals surface area contributed by atoms with Crippen LogP contribution in [0.2, 0.25) is 0 Å². The number of carbonyl (C=O) groups is 2. The SMILES string of the molecule is C[C@H](NC(=O)c1cc(C(=O)NCc2ccc(F)c(F)c2)ncn1)c1ccc(-c2nnn[nH]2)cc1. The van der Waals surface area contributed by atoms with E-state index < -0.39 is 23.4 Å². The van der Waals surface area contributed by atoms with Crippen LogP contribution in [0.1, 0.15) is 45.1 Å². The molecule has 0 aliphatic carbocycles. The highest BCUT2D eigenvalue weighted by Gasteiger charge is 2.16. The molecule has 4 rings (SSSR count). The Balaban J connectivity index is 1.38. The van der Waals surface area contributed by atoms with Crippen molar-refractivity contribution in [1.29, 1.82) is 0 Å². The lowest BCUT2D eigenvalue weighted by Gasteiger charge is -2.14. The number of hydrogen-bond acceptors (Lipinski definition) is 7. The maximum atomic E-state index is 13.3. The zero-order valence-electron chi connectivity index (χ0n) is 17.8. The van der Waals surface area contributed by atoms with Gasteiger partial charge < -0.3 is 10.6 Å². The summed E-state index contributed by atoms with van der Waals surface area (Å²) < 4.78 is 26.3. The maximum absolute atomic E-state index is 13.3. The third-order valence-electron chi connectivity index (χ3n) is 4.95. The van der Waals surface area contributed by atoms with E-state index in [0.29, 0.717) is 11.4 Å². The average Bonchev–Trinajstić information content (AvgIpc) is 3.40. The maximum Gasteiger partial charge on any atom is 0.270 e. The van der Waals surface area contributed by atoms with Crippen LogP contribution in [0.25, 0.3) is 11.4 Å². The van der Waals surface area contributed by atoms with Crippen LogP contribution in [-0.4, -0.2) is 42.4 Å². The van der Waals surface area contributed by atoms with Gasteiger partial charge in [0.05, 0.1) is 6.04 Å². The molecule has 0 radical (unpaired) electrons. The molecule has 0 fully saturated rings. The first kappa shape index (κ1) is 22.6. The Morgan fingerprint density at radius 1 is 0.971 bits per heavy atom. The molecular weight excluding hydrogens is 446 g/mol. The molecule has 1 atom stereocenters. The van der Waals surface area contributed by atoms with Gasteiger partial charge in [-0.25, -0.2) is 23.8 Å². The minimum atomic E-state index is -1.01. The predicted molar refractivity (Wildman–Crippen MR) is 115 cm³/mol. The summed E-state index contributed by atoms with van der Waals surface area (Å²) in [5.41, 5.74) is 1.97. The predicted octanol–water partition coefficient (Wildman–Crippen LogP) is 2.36. The summed E-state index contributed by atoms with van der Waals surface area (Å²) in [7, 11) is 0. The fourth-order valence-electron chi connectivity index (χ4n) is 3.09. The number of aromatic nitrogens is 6. The van der Waals surface area contributed by atoms with Crippen LogP contribution < -0.4 is 10.6 Å². The van der Waals surface area contributed by atoms with Gasteiger partial charge in [-0.05, 0) is 40.6 Å². The van der Waals surface area contributed by atoms with Crippen molar-refractivity contribution < 1.29 is 18.4 Å². The highest BCUT2D eigenvalue weighted by molar-refractivity contribution is 5.97. The molecule has 0 aliphatic rings. The van der Waals surface area contributed by atoms with E-state index in [2.05, 4.69) is 41.2 Å². The zero-order chi connectivity index (χ0) is 24.1. The number of nitrogens with zero attached hydrogens (tertiary/aromatic N) is 5. The largest absolute Gasteiger partial charge is 0.347 e. The molecule has 0 saturated heterocycles. The van der Waals surface area contributed by atoms with E-state index in [0.717, 1.165) is 29.6 Å². The lowest BCUT2D eigenvalue weighted by Crippen LogP contribution is -2.29. The van der Waals surface area contributed by atoms with Crippen LogP contribution in [0.3, 0.4) is 0 Å². The highest BCUT2D eigenvalue weighted by Crippen LogP contribution is 2.18. The smallest absolute Gasteiger partial charge is 0.270 e. The number of benzene rings is 2. The third-order valence-corrected chi connectivity index (χ3v) is 4.95. The molecule has 172 valence electrons. The van der Waals surface area contributed by atoms with Crippen molar-refractivity contribution in [2.45, 2.75) is 19.5 Å². The van der Waals surface area contributed by atoms with Gasteiger partial charge in [-0.3, -0.25) is 9.59 Å². The molecule has 10 nitrogen and oxygen atoms in total. The van der Waals surface area contributed by atoms with Crippen molar-refractivity contribution in [2.75, 3.05) is 0 Å². The van der Waals surface area contributed by atoms with Crippen molar-refractivity contribution in [1.82, 2.24) is 41.2 Å². The van der Waals surface area contributed by atoms with Gasteiger partial charge in [-0.15, -0.1) is 5.10 Å². The monoisotopic (exact) mass is 464 g/mol. The van der Waals surface area contributed by atoms with Crippen molar-refractivity contribution in [3.05, 3.63) is 89.0 Å². The molecule has 3 N–H and O–H groups in total. The molecule has 2 aromatic heterocycles. The van der Waals surface area contributed by atoms with Crippen LogP contribution in [0.15, 0.2) is 54.9 Å². The quantitative estimate of drug-likeness (QED) is 0.382. The minimum Gasteiger partial charge on any atom is -0.347 e. The summed E-state index contributed by atoms with van der Waals surface area (Å²) >= 11 is 0. The van der Waals surface area contributed by atoms with E-state index >= 15 is 0 Å². The summed E-state index contributed by atoms with van der Waals surface area (Å²) in [4.78, 5) is 32.9. The topological polar surface area (TPSA) is 138 Å². The van der Waals surface area contributed by atoms with E-state index in [1.54, 1.807) is 6.92 Å². The minimum absolute atomic E-state index is 0.00387. The van der Waals surface area contributed by atoms with Gasteiger partial charge in [0, 0.05) is 18.2 Å². The molecule has 2 amide bonds. The third kappa shape index (κ3) is 5.23. The molecule has 0 aliphatic heterocycles. The molecule has 2 aromatic carbocycles. The Hall–Kier alpha value is -4.61. The van der Waals surface area contributed by atoms with Crippen molar-refractivity contribution >= 4 is 11.8 Å². The van der Waals surface area contributed by atoms with Gasteiger partial charge in [0.15, 0.2) is 17.5 Å². The van der Waals surface area contributed by atoms with Crippen LogP contribution in [0.4, 0.5) is 8.78 Å². The molecule has 12 heteroatoms. The number of rotatable bonds is 7. The fraction of sp³-hybridized carbons (Fsp3) is 0.136. The summed E-state index contributed by atoms with van der Waals surface area (Å²) in [5.74, 6) is -2.54. The van der Waals surface area contributed by atoms with Crippen LogP contribution in [-0.2, 0) is 6.54 Å². The van der Waals surface area contributed by atoms with Gasteiger partial charge in [-0.2, -0.15) is 0 Å². The van der Waals surface area contributed by atoms with Gasteiger partial charge in [0.2, 0.25) is 0 Å². The van der Waals surface area contributed by atoms with E-state index in [9.17, 15) is 18.4 Å². The summed E-state index contributed by atoms with van der Waals surface area (Å²) in [5, 5.41) is 18.9. The second kappa shape index (κ2) is 9.90. The van der Waals surface area contributed by atoms with E-state index in [1.165, 1.54) is 12.1 Å². The molecule has 0 unspecified atom stereocenters. The first-order valence-electron chi connectivity index (χ1n) is 10.1. The molecule has 0 spiro atoms. The van der Waals surface area contributed by atoms with Crippen molar-refractivity contribution in [2.24, 2.45) is 0 Å². The van der Waals surface area contributed by atoms with E-state index in [1.807, 2.05) is 24.3 Å². The standard InChI is InChI=1S/C22H18F2N8O2/c1-12(14-3-5-15(6-4-14)20-29-31-32-30-20)28-22(34)19-9-18(26-11-27-19)21(33)25-10-13-2-7-16(23)17(24)8-13/h2-9,11-12H,10H2,1H3,(H,25,33)(H,28,34)(H,29,30,31,32)/t12-/m0/s1. The lowest BCUT2D eigenvalue weighted by atomic mass is 10.1. The number of aromatic amines is 1. The fourth-order valence-corrected chi connectivity index (χ4v) is 3.09. The van der Waals surface area contributed by atoms with E-state index in [4.69, 9.17) is 0 Å². The Labute approximate surface area is 191 Å². The number of H-pyrrole nitrogens is 1. The Kier molecular flexibility index (Phi) is 6.57. The molecular formula is C22H18F2N8O2. The molecule has 34 heavy (non-hydrogen) atoms. The van der Waals surface area contributed by atoms with Crippen LogP contribution in [0, 0.1) is 11.6 Å². The molecule has 0 bridgehead atoms. The van der Waals surface area contributed by atoms with Gasteiger partial charge in [-0.1, -0.05) is 30.3 Å². The second-order valence-corrected chi connectivity index (χ2v) is 7.29. The van der Waals surface area contributed by atoms with Gasteiger partial charge in [0.1, 0.15) is 17.7 Å². The summed E-state index contributed by atoms with van der Waals surface area (Å²) in [6.07, 6.45) is 1.10. The van der Waals surface area contributed by atoms with Crippen LogP contribution in [0.5, 0.6) is 0 Å². The van der Waals surface area contributed by atoms with Crippen molar-refractivity contribution in [3.8, 4) is 11.4 Å². The van der Waals surface area contributed by atoms with E-state index in [-0.39, 0.29) is 24.0 Å². The van der Waals surface area contributed by atoms with Crippen molar-refractivity contribution in [3.63, 3.8) is 0 Å². The highest BCUT2D eigenvalue weighted by atomic mass is 19.2. The number of halogens is 2. The first-order chi connectivity index (χ1) is 16.4. The number of amides is 2. The number of hydrogen-bond donors (Lipinski definition) is 3. The number of carbonyl (C=O) groups excluding carboxylic acids is 2. The van der Waals surface area contributed by atoms with Crippen LogP contribution >= 0.6 is 0 Å². The average molecular weight is 464 g/mol. The number of tetrazole rings is 1. The molecule has 2 heterocycles. The normalized spacial score (nSPS) is 11.6. The second-order valence-electron chi connectivity index (χ2n) is 7.29. The molecule has 4 aromatic rings. The first-order valence-corrected chi connectivity index (χ1v) is 10.1. The Bertz CT molecular complexity index is 1310.